The quantitative estimate of drug-likeness (QED) is 0.620. The number of hydrogen-bond donors (Lipinski definition) is 2. The van der Waals surface area contributed by atoms with Crippen LogP contribution in [0.2, 0.25) is 0 Å². The molecule has 0 saturated heterocycles. The summed E-state index contributed by atoms with van der Waals surface area (Å²) in [5.74, 6) is -0.0199. The highest BCUT2D eigenvalue weighted by molar-refractivity contribution is 8.02. The number of nitrogens with one attached hydrogen (secondary N) is 2. The van der Waals surface area contributed by atoms with Gasteiger partial charge in [-0.3, -0.25) is 4.79 Å². The van der Waals surface area contributed by atoms with Gasteiger partial charge in [-0.25, -0.2) is 0 Å². The number of thioether (sulfide) groups is 2. The molecule has 1 fully saturated rings. The van der Waals surface area contributed by atoms with Crippen LogP contribution in [-0.2, 0) is 4.79 Å². The van der Waals surface area contributed by atoms with Gasteiger partial charge in [0.05, 0.1) is 10.9 Å². The van der Waals surface area contributed by atoms with Gasteiger partial charge in [0, 0.05) is 10.9 Å². The van der Waals surface area contributed by atoms with Gasteiger partial charge in [-0.2, -0.15) is 0 Å². The molecule has 1 aliphatic carbocycles. The van der Waals surface area contributed by atoms with Crippen molar-refractivity contribution in [3.63, 3.8) is 0 Å². The van der Waals surface area contributed by atoms with Crippen molar-refractivity contribution in [1.29, 1.82) is 0 Å². The summed E-state index contributed by atoms with van der Waals surface area (Å²) in [6.45, 7) is 1.90. The second kappa shape index (κ2) is 9.62. The maximum atomic E-state index is 12.5. The molecule has 140 valence electrons. The average molecular weight is 409 g/mol. The van der Waals surface area contributed by atoms with Gasteiger partial charge in [0.15, 0.2) is 4.34 Å². The van der Waals surface area contributed by atoms with Crippen LogP contribution in [0.3, 0.4) is 0 Å². The highest BCUT2D eigenvalue weighted by Crippen LogP contribution is 2.32. The molecule has 26 heavy (non-hydrogen) atoms. The number of para-hydroxylation sites is 1. The number of amides is 1. The summed E-state index contributed by atoms with van der Waals surface area (Å²) in [5.41, 5.74) is 0.856. The summed E-state index contributed by atoms with van der Waals surface area (Å²) >= 11 is 4.61. The van der Waals surface area contributed by atoms with Crippen molar-refractivity contribution in [2.45, 2.75) is 59.6 Å². The molecule has 2 N–H and O–H groups in total. The lowest BCUT2D eigenvalue weighted by Crippen LogP contribution is -2.22. The summed E-state index contributed by atoms with van der Waals surface area (Å²) in [6.07, 6.45) is 8.32. The topological polar surface area (TPSA) is 66.9 Å². The number of carbonyl (C=O) groups is 1. The molecule has 1 aromatic carbocycles. The van der Waals surface area contributed by atoms with Gasteiger partial charge in [0.1, 0.15) is 0 Å². The van der Waals surface area contributed by atoms with Gasteiger partial charge in [-0.15, -0.1) is 22.0 Å². The van der Waals surface area contributed by atoms with Crippen LogP contribution in [0.5, 0.6) is 0 Å². The van der Waals surface area contributed by atoms with Crippen molar-refractivity contribution in [3.8, 4) is 0 Å². The van der Waals surface area contributed by atoms with Crippen molar-refractivity contribution in [1.82, 2.24) is 10.2 Å². The maximum absolute atomic E-state index is 12.5. The van der Waals surface area contributed by atoms with E-state index in [4.69, 9.17) is 0 Å². The zero-order valence-corrected chi connectivity index (χ0v) is 17.5. The van der Waals surface area contributed by atoms with E-state index in [0.29, 0.717) is 6.04 Å². The molecule has 0 aliphatic heterocycles. The first-order valence-electron chi connectivity index (χ1n) is 8.86. The number of benzene rings is 1. The molecule has 1 aromatic heterocycles. The number of anilines is 2. The van der Waals surface area contributed by atoms with Gasteiger partial charge in [0.25, 0.3) is 0 Å². The number of hydrogen-bond acceptors (Lipinski definition) is 7. The average Bonchev–Trinajstić information content (AvgIpc) is 3.09. The molecule has 1 aliphatic rings. The minimum Gasteiger partial charge on any atom is -0.357 e. The van der Waals surface area contributed by atoms with E-state index in [1.165, 1.54) is 55.2 Å². The molecular formula is C18H24N4OS3. The van der Waals surface area contributed by atoms with Crippen molar-refractivity contribution < 1.29 is 4.79 Å². The Morgan fingerprint density at radius 3 is 2.77 bits per heavy atom. The summed E-state index contributed by atoms with van der Waals surface area (Å²) < 4.78 is 0.823. The predicted molar refractivity (Wildman–Crippen MR) is 113 cm³/mol. The van der Waals surface area contributed by atoms with E-state index < -0.39 is 0 Å². The molecule has 5 nitrogen and oxygen atoms in total. The molecule has 1 atom stereocenters. The van der Waals surface area contributed by atoms with E-state index in [1.54, 1.807) is 11.8 Å². The number of nitrogens with zero attached hydrogens (tertiary/aromatic N) is 2. The van der Waals surface area contributed by atoms with Gasteiger partial charge < -0.3 is 10.6 Å². The third kappa shape index (κ3) is 5.37. The second-order valence-electron chi connectivity index (χ2n) is 6.30. The zero-order chi connectivity index (χ0) is 18.4. The van der Waals surface area contributed by atoms with Crippen LogP contribution < -0.4 is 10.6 Å². The van der Waals surface area contributed by atoms with Gasteiger partial charge in [-0.1, -0.05) is 54.5 Å². The Morgan fingerprint density at radius 2 is 2.00 bits per heavy atom. The largest absolute Gasteiger partial charge is 0.357 e. The Hall–Kier alpha value is -1.25. The normalized spacial score (nSPS) is 16.2. The molecule has 8 heteroatoms. The first-order valence-corrected chi connectivity index (χ1v) is 11.8. The standard InChI is InChI=1S/C18H24N4OS3/c1-12(16(23)20-14-10-6-7-11-15(14)24-2)25-18-22-21-17(26-18)19-13-8-4-3-5-9-13/h6-7,10-13H,3-5,8-9H2,1-2H3,(H,19,21)(H,20,23). The lowest BCUT2D eigenvalue weighted by Gasteiger charge is -2.21. The fourth-order valence-corrected chi connectivity index (χ4v) is 5.45. The minimum atomic E-state index is -0.236. The Kier molecular flexibility index (Phi) is 7.22. The number of rotatable bonds is 7. The molecule has 1 saturated carbocycles. The molecule has 1 unspecified atom stereocenters. The van der Waals surface area contributed by atoms with E-state index in [9.17, 15) is 4.79 Å². The van der Waals surface area contributed by atoms with E-state index in [0.717, 1.165) is 20.1 Å². The fourth-order valence-electron chi connectivity index (χ4n) is 2.92. The van der Waals surface area contributed by atoms with E-state index in [2.05, 4.69) is 20.8 Å². The molecule has 0 spiro atoms. The summed E-state index contributed by atoms with van der Waals surface area (Å²) in [4.78, 5) is 13.6. The summed E-state index contributed by atoms with van der Waals surface area (Å²) in [5, 5.41) is 15.6. The second-order valence-corrected chi connectivity index (χ2v) is 9.72. The van der Waals surface area contributed by atoms with Crippen LogP contribution >= 0.6 is 34.9 Å². The van der Waals surface area contributed by atoms with Crippen molar-refractivity contribution >= 4 is 51.6 Å². The molecule has 1 heterocycles. The van der Waals surface area contributed by atoms with E-state index >= 15 is 0 Å². The Balaban J connectivity index is 1.54. The Morgan fingerprint density at radius 1 is 1.23 bits per heavy atom. The van der Waals surface area contributed by atoms with Crippen LogP contribution in [-0.4, -0.2) is 33.7 Å². The minimum absolute atomic E-state index is 0.0199. The zero-order valence-electron chi connectivity index (χ0n) is 15.0. The van der Waals surface area contributed by atoms with Crippen LogP contribution in [0, 0.1) is 0 Å². The molecule has 0 radical (unpaired) electrons. The first kappa shape index (κ1) is 19.5. The number of carbonyl (C=O) groups excluding carboxylic acids is 1. The molecule has 3 rings (SSSR count). The van der Waals surface area contributed by atoms with Gasteiger partial charge >= 0.3 is 0 Å². The van der Waals surface area contributed by atoms with Gasteiger partial charge in [0.2, 0.25) is 11.0 Å². The van der Waals surface area contributed by atoms with Crippen LogP contribution in [0.4, 0.5) is 10.8 Å². The molecule has 1 amide bonds. The maximum Gasteiger partial charge on any atom is 0.237 e. The van der Waals surface area contributed by atoms with Crippen LogP contribution in [0.25, 0.3) is 0 Å². The lowest BCUT2D eigenvalue weighted by atomic mass is 9.96. The smallest absolute Gasteiger partial charge is 0.237 e. The monoisotopic (exact) mass is 408 g/mol. The third-order valence-electron chi connectivity index (χ3n) is 4.35. The van der Waals surface area contributed by atoms with Crippen molar-refractivity contribution in [2.75, 3.05) is 16.9 Å². The Bertz CT molecular complexity index is 731. The van der Waals surface area contributed by atoms with Crippen LogP contribution in [0.1, 0.15) is 39.0 Å². The summed E-state index contributed by atoms with van der Waals surface area (Å²) in [7, 11) is 0. The van der Waals surface area contributed by atoms with E-state index in [-0.39, 0.29) is 11.2 Å². The highest BCUT2D eigenvalue weighted by Gasteiger charge is 2.19. The molecular weight excluding hydrogens is 384 g/mol. The number of aromatic nitrogens is 2. The Labute approximate surface area is 167 Å². The molecule has 2 aromatic rings. The lowest BCUT2D eigenvalue weighted by molar-refractivity contribution is -0.115. The SMILES string of the molecule is CSc1ccccc1NC(=O)C(C)Sc1nnc(NC2CCCCC2)s1. The third-order valence-corrected chi connectivity index (χ3v) is 7.19. The van der Waals surface area contributed by atoms with Gasteiger partial charge in [-0.05, 0) is 38.2 Å². The fraction of sp³-hybridized carbons (Fsp3) is 0.500. The van der Waals surface area contributed by atoms with Crippen molar-refractivity contribution in [2.24, 2.45) is 0 Å². The van der Waals surface area contributed by atoms with Crippen LogP contribution in [0.15, 0.2) is 33.5 Å². The predicted octanol–water partition coefficient (Wildman–Crippen LogP) is 5.12. The highest BCUT2D eigenvalue weighted by atomic mass is 32.2. The molecule has 0 bridgehead atoms. The first-order chi connectivity index (χ1) is 12.7. The van der Waals surface area contributed by atoms with E-state index in [1.807, 2.05) is 37.4 Å². The summed E-state index contributed by atoms with van der Waals surface area (Å²) in [6, 6.07) is 8.35. The van der Waals surface area contributed by atoms with Crippen molar-refractivity contribution in [3.05, 3.63) is 24.3 Å².